The summed E-state index contributed by atoms with van der Waals surface area (Å²) in [6, 6.07) is 9.48. The Labute approximate surface area is 237 Å². The van der Waals surface area contributed by atoms with Crippen molar-refractivity contribution in [2.75, 3.05) is 20.6 Å². The molecule has 2 heteroatoms. The zero-order valence-electron chi connectivity index (χ0n) is 26.7. The molecule has 38 heavy (non-hydrogen) atoms. The van der Waals surface area contributed by atoms with Crippen LogP contribution in [0.5, 0.6) is 0 Å². The van der Waals surface area contributed by atoms with Gasteiger partial charge in [-0.1, -0.05) is 129 Å². The fraction of sp³-hybridized carbons (Fsp3) is 0.556. The van der Waals surface area contributed by atoms with E-state index >= 15 is 0 Å². The van der Waals surface area contributed by atoms with Crippen LogP contribution in [-0.4, -0.2) is 36.5 Å². The largest absolute Gasteiger partial charge is 0.374 e. The van der Waals surface area contributed by atoms with Gasteiger partial charge in [-0.2, -0.15) is 0 Å². The molecule has 0 radical (unpaired) electrons. The number of rotatable bonds is 9. The second kappa shape index (κ2) is 21.5. The van der Waals surface area contributed by atoms with Gasteiger partial charge in [-0.05, 0) is 48.4 Å². The molecule has 3 rings (SSSR count). The SMILES string of the molecule is C=CCC.CC.CCCCCC(C)C.CCCc1cccc(C2=C(C3=CN(C)C(C)C=C3)C=CCN2C)c1. The van der Waals surface area contributed by atoms with Crippen LogP contribution in [-0.2, 0) is 6.42 Å². The molecule has 2 nitrogen and oxygen atoms in total. The van der Waals surface area contributed by atoms with E-state index in [-0.39, 0.29) is 0 Å². The molecule has 0 amide bonds. The van der Waals surface area contributed by atoms with E-state index in [4.69, 9.17) is 0 Å². The maximum Gasteiger partial charge on any atom is 0.0520 e. The highest BCUT2D eigenvalue weighted by atomic mass is 15.1. The second-order valence-electron chi connectivity index (χ2n) is 10.4. The van der Waals surface area contributed by atoms with Gasteiger partial charge in [0.25, 0.3) is 0 Å². The van der Waals surface area contributed by atoms with Crippen molar-refractivity contribution in [1.29, 1.82) is 0 Å². The molecule has 0 fully saturated rings. The lowest BCUT2D eigenvalue weighted by Gasteiger charge is -2.31. The van der Waals surface area contributed by atoms with Crippen LogP contribution in [0.3, 0.4) is 0 Å². The first-order valence-electron chi connectivity index (χ1n) is 15.2. The predicted molar refractivity (Wildman–Crippen MR) is 174 cm³/mol. The Morgan fingerprint density at radius 2 is 1.71 bits per heavy atom. The number of unbranched alkanes of at least 4 members (excludes halogenated alkanes) is 2. The van der Waals surface area contributed by atoms with Crippen LogP contribution in [0, 0.1) is 5.92 Å². The summed E-state index contributed by atoms with van der Waals surface area (Å²) in [7, 11) is 4.33. The lowest BCUT2D eigenvalue weighted by Crippen LogP contribution is -2.26. The molecular weight excluding hydrogens is 460 g/mol. The number of hydrogen-bond acceptors (Lipinski definition) is 2. The molecule has 0 saturated heterocycles. The van der Waals surface area contributed by atoms with Crippen molar-refractivity contribution in [3.63, 3.8) is 0 Å². The Balaban J connectivity index is 0.000000816. The summed E-state index contributed by atoms with van der Waals surface area (Å²) in [6.45, 7) is 21.8. The monoisotopic (exact) mass is 520 g/mol. The minimum atomic E-state index is 0.455. The molecule has 2 heterocycles. The summed E-state index contributed by atoms with van der Waals surface area (Å²) < 4.78 is 0. The lowest BCUT2D eigenvalue weighted by atomic mass is 9.93. The second-order valence-corrected chi connectivity index (χ2v) is 10.4. The van der Waals surface area contributed by atoms with Crippen molar-refractivity contribution in [3.8, 4) is 0 Å². The molecule has 0 aliphatic carbocycles. The zero-order chi connectivity index (χ0) is 28.9. The molecular formula is C36H60N2. The fourth-order valence-electron chi connectivity index (χ4n) is 4.20. The maximum atomic E-state index is 3.48. The van der Waals surface area contributed by atoms with E-state index in [1.807, 2.05) is 19.9 Å². The average molecular weight is 521 g/mol. The van der Waals surface area contributed by atoms with E-state index in [0.717, 1.165) is 25.3 Å². The van der Waals surface area contributed by atoms with Crippen LogP contribution in [0.1, 0.15) is 105 Å². The van der Waals surface area contributed by atoms with Crippen LogP contribution in [0.15, 0.2) is 78.6 Å². The van der Waals surface area contributed by atoms with Gasteiger partial charge in [0.2, 0.25) is 0 Å². The number of hydrogen-bond donors (Lipinski definition) is 0. The van der Waals surface area contributed by atoms with Gasteiger partial charge < -0.3 is 9.80 Å². The third-order valence-corrected chi connectivity index (χ3v) is 6.56. The Morgan fingerprint density at radius 1 is 1.03 bits per heavy atom. The van der Waals surface area contributed by atoms with Crippen molar-refractivity contribution in [3.05, 3.63) is 89.7 Å². The minimum Gasteiger partial charge on any atom is -0.374 e. The standard InChI is InChI=1S/C22H28N2.C8H18.C4H8.C2H6/c1-5-8-18-9-6-10-19(15-18)22-21(11-7-14-23(22)3)20-13-12-17(2)24(4)16-20;1-4-5-6-7-8(2)3;1-3-4-2;1-2/h6-7,9-13,15-17H,5,8,14H2,1-4H3;8H,4-7H2,1-3H3;3H,1,4H2,2H3;1-2H3. The molecule has 0 spiro atoms. The molecule has 0 bridgehead atoms. The fourth-order valence-corrected chi connectivity index (χ4v) is 4.20. The zero-order valence-corrected chi connectivity index (χ0v) is 26.7. The van der Waals surface area contributed by atoms with Crippen molar-refractivity contribution >= 4 is 5.70 Å². The highest BCUT2D eigenvalue weighted by molar-refractivity contribution is 5.76. The predicted octanol–water partition coefficient (Wildman–Crippen LogP) is 10.5. The first-order valence-corrected chi connectivity index (χ1v) is 15.2. The highest BCUT2D eigenvalue weighted by Crippen LogP contribution is 2.32. The van der Waals surface area contributed by atoms with Crippen LogP contribution < -0.4 is 0 Å². The number of nitrogens with zero attached hydrogens (tertiary/aromatic N) is 2. The summed E-state index contributed by atoms with van der Waals surface area (Å²) >= 11 is 0. The Hall–Kier alpha value is -2.48. The summed E-state index contributed by atoms with van der Waals surface area (Å²) in [5, 5.41) is 0. The van der Waals surface area contributed by atoms with Gasteiger partial charge in [-0.15, -0.1) is 6.58 Å². The molecule has 1 unspecified atom stereocenters. The summed E-state index contributed by atoms with van der Waals surface area (Å²) in [6.07, 6.45) is 22.2. The minimum absolute atomic E-state index is 0.455. The molecule has 0 N–H and O–H groups in total. The van der Waals surface area contributed by atoms with E-state index in [9.17, 15) is 0 Å². The smallest absolute Gasteiger partial charge is 0.0520 e. The van der Waals surface area contributed by atoms with E-state index in [0.29, 0.717) is 6.04 Å². The van der Waals surface area contributed by atoms with Crippen LogP contribution in [0.4, 0.5) is 0 Å². The Morgan fingerprint density at radius 3 is 2.26 bits per heavy atom. The number of benzene rings is 1. The first-order chi connectivity index (χ1) is 18.3. The normalized spacial score (nSPS) is 16.1. The van der Waals surface area contributed by atoms with Gasteiger partial charge in [0, 0.05) is 38.5 Å². The van der Waals surface area contributed by atoms with Crippen molar-refractivity contribution in [2.45, 2.75) is 106 Å². The molecule has 1 atom stereocenters. The Bertz CT molecular complexity index is 884. The van der Waals surface area contributed by atoms with E-state index < -0.39 is 0 Å². The van der Waals surface area contributed by atoms with Gasteiger partial charge in [0.1, 0.15) is 0 Å². The molecule has 1 aromatic rings. The van der Waals surface area contributed by atoms with Crippen LogP contribution in [0.2, 0.25) is 0 Å². The van der Waals surface area contributed by atoms with Crippen LogP contribution in [0.25, 0.3) is 5.70 Å². The lowest BCUT2D eigenvalue weighted by molar-refractivity contribution is 0.400. The van der Waals surface area contributed by atoms with E-state index in [1.54, 1.807) is 0 Å². The third kappa shape index (κ3) is 13.4. The third-order valence-electron chi connectivity index (χ3n) is 6.56. The quantitative estimate of drug-likeness (QED) is 0.236. The van der Waals surface area contributed by atoms with E-state index in [1.165, 1.54) is 60.1 Å². The number of allylic oxidation sites excluding steroid dienone is 5. The van der Waals surface area contributed by atoms with Crippen LogP contribution >= 0.6 is 0 Å². The molecule has 0 saturated carbocycles. The van der Waals surface area contributed by atoms with E-state index in [2.05, 4.69) is 127 Å². The summed E-state index contributed by atoms with van der Waals surface area (Å²) in [4.78, 5) is 4.63. The Kier molecular flexibility index (Phi) is 20.1. The van der Waals surface area contributed by atoms with Gasteiger partial charge in [0.05, 0.1) is 5.70 Å². The molecule has 2 aliphatic heterocycles. The van der Waals surface area contributed by atoms with Gasteiger partial charge in [-0.3, -0.25) is 0 Å². The van der Waals surface area contributed by atoms with Crippen molar-refractivity contribution in [1.82, 2.24) is 9.80 Å². The van der Waals surface area contributed by atoms with Gasteiger partial charge in [0.15, 0.2) is 0 Å². The van der Waals surface area contributed by atoms with Gasteiger partial charge in [-0.25, -0.2) is 0 Å². The topological polar surface area (TPSA) is 6.48 Å². The molecule has 0 aromatic heterocycles. The number of likely N-dealkylation sites (N-methyl/N-ethyl adjacent to an activating group) is 2. The average Bonchev–Trinajstić information content (AvgIpc) is 2.92. The van der Waals surface area contributed by atoms with Crippen molar-refractivity contribution < 1.29 is 0 Å². The molecule has 214 valence electrons. The summed E-state index contributed by atoms with van der Waals surface area (Å²) in [5.74, 6) is 0.904. The molecule has 2 aliphatic rings. The number of aryl methyl sites for hydroxylation is 1. The summed E-state index contributed by atoms with van der Waals surface area (Å²) in [5.41, 5.74) is 6.66. The van der Waals surface area contributed by atoms with Crippen molar-refractivity contribution in [2.24, 2.45) is 5.92 Å². The molecule has 1 aromatic carbocycles. The maximum absolute atomic E-state index is 3.48. The van der Waals surface area contributed by atoms with Gasteiger partial charge >= 0.3 is 0 Å². The highest BCUT2D eigenvalue weighted by Gasteiger charge is 2.20. The first kappa shape index (κ1) is 35.5.